The van der Waals surface area contributed by atoms with Crippen LogP contribution in [0.5, 0.6) is 0 Å². The van der Waals surface area contributed by atoms with Crippen molar-refractivity contribution >= 4 is 46.1 Å². The van der Waals surface area contributed by atoms with Crippen LogP contribution in [-0.4, -0.2) is 87.0 Å². The number of piperazine rings is 1. The summed E-state index contributed by atoms with van der Waals surface area (Å²) in [6.07, 6.45) is 4.55. The number of fused-ring (bicyclic) bond motifs is 1. The summed E-state index contributed by atoms with van der Waals surface area (Å²) in [5.74, 6) is 1.13. The Morgan fingerprint density at radius 1 is 1.16 bits per heavy atom. The fraction of sp³-hybridized carbons (Fsp3) is 0.500. The van der Waals surface area contributed by atoms with Crippen LogP contribution in [-0.2, 0) is 14.3 Å². The van der Waals surface area contributed by atoms with Gasteiger partial charge >= 0.3 is 6.09 Å². The van der Waals surface area contributed by atoms with Crippen molar-refractivity contribution in [3.05, 3.63) is 35.9 Å². The lowest BCUT2D eigenvalue weighted by molar-refractivity contribution is -0.128. The van der Waals surface area contributed by atoms with E-state index in [4.69, 9.17) is 21.1 Å². The van der Waals surface area contributed by atoms with Gasteiger partial charge in [0.25, 0.3) is 5.91 Å². The summed E-state index contributed by atoms with van der Waals surface area (Å²) in [5, 5.41) is 1.27. The van der Waals surface area contributed by atoms with E-state index < -0.39 is 5.60 Å². The second-order valence-electron chi connectivity index (χ2n) is 10.7. The molecule has 3 aromatic heterocycles. The Hall–Kier alpha value is -3.44. The van der Waals surface area contributed by atoms with Crippen molar-refractivity contribution in [2.75, 3.05) is 42.6 Å². The second-order valence-corrected chi connectivity index (χ2v) is 11.1. The van der Waals surface area contributed by atoms with Crippen LogP contribution in [0, 0.1) is 0 Å². The first-order chi connectivity index (χ1) is 18.0. The third kappa shape index (κ3) is 5.12. The first-order valence-electron chi connectivity index (χ1n) is 12.7. The number of hydrogen-bond acceptors (Lipinski definition) is 8. The molecule has 0 aromatic carbocycles. The van der Waals surface area contributed by atoms with Crippen LogP contribution >= 0.6 is 11.6 Å². The molecular weight excluding hydrogens is 510 g/mol. The van der Waals surface area contributed by atoms with Crippen molar-refractivity contribution in [1.82, 2.24) is 24.4 Å². The van der Waals surface area contributed by atoms with Gasteiger partial charge in [0.15, 0.2) is 5.65 Å². The Morgan fingerprint density at radius 2 is 1.95 bits per heavy atom. The first-order valence-corrected chi connectivity index (χ1v) is 13.0. The highest BCUT2D eigenvalue weighted by Gasteiger charge is 2.34. The molecule has 2 fully saturated rings. The Bertz CT molecular complexity index is 1370. The monoisotopic (exact) mass is 541 g/mol. The molecule has 1 unspecified atom stereocenters. The number of ether oxygens (including phenoxy) is 2. The Balaban J connectivity index is 1.58. The number of carbonyl (C=O) groups is 2. The summed E-state index contributed by atoms with van der Waals surface area (Å²) in [7, 11) is 0. The van der Waals surface area contributed by atoms with Gasteiger partial charge in [-0.15, -0.1) is 0 Å². The number of anilines is 2. The summed E-state index contributed by atoms with van der Waals surface area (Å²) < 4.78 is 13.0. The fourth-order valence-corrected chi connectivity index (χ4v) is 5.00. The van der Waals surface area contributed by atoms with Crippen LogP contribution in [0.2, 0.25) is 5.02 Å². The molecule has 0 spiro atoms. The van der Waals surface area contributed by atoms with Gasteiger partial charge in [-0.3, -0.25) is 9.36 Å². The zero-order valence-corrected chi connectivity index (χ0v) is 23.0. The number of hydrogen-bond donors (Lipinski definition) is 0. The van der Waals surface area contributed by atoms with Crippen LogP contribution in [0.25, 0.3) is 16.9 Å². The minimum atomic E-state index is -0.565. The van der Waals surface area contributed by atoms with E-state index in [1.807, 2.05) is 45.4 Å². The highest BCUT2D eigenvalue weighted by atomic mass is 35.5. The SMILES string of the molecule is CC1CN(c2cn(-c3cc(Cl)ccn3)c3ncnc(N4CCN(C(=O)OC(C)(C)C)C[C@@H]4C)c23)C(=O)CO1. The predicted octanol–water partition coefficient (Wildman–Crippen LogP) is 3.67. The standard InChI is InChI=1S/C26H32ClN7O4/c1-16-11-31(25(36)38-26(3,4)5)8-9-32(16)23-22-19(33-12-17(2)37-14-21(33)35)13-34(24(22)30-15-29-23)20-10-18(27)6-7-28-20/h6-7,10,13,15-17H,8-9,11-12,14H2,1-5H3/t16-,17?/m0/s1. The van der Waals surface area contributed by atoms with Crippen molar-refractivity contribution in [1.29, 1.82) is 0 Å². The van der Waals surface area contributed by atoms with E-state index in [0.29, 0.717) is 54.2 Å². The maximum absolute atomic E-state index is 13.0. The summed E-state index contributed by atoms with van der Waals surface area (Å²) in [4.78, 5) is 45.1. The van der Waals surface area contributed by atoms with E-state index in [0.717, 1.165) is 5.39 Å². The van der Waals surface area contributed by atoms with Crippen LogP contribution in [0.4, 0.5) is 16.3 Å². The Morgan fingerprint density at radius 3 is 2.66 bits per heavy atom. The average molecular weight is 542 g/mol. The molecule has 38 heavy (non-hydrogen) atoms. The minimum absolute atomic E-state index is 0.00273. The van der Waals surface area contributed by atoms with Gasteiger partial charge in [-0.25, -0.2) is 19.7 Å². The van der Waals surface area contributed by atoms with E-state index in [1.165, 1.54) is 6.33 Å². The summed E-state index contributed by atoms with van der Waals surface area (Å²) in [6, 6.07) is 3.39. The van der Waals surface area contributed by atoms with E-state index in [-0.39, 0.29) is 30.8 Å². The molecule has 2 amide bonds. The van der Waals surface area contributed by atoms with Crippen molar-refractivity contribution in [2.45, 2.75) is 52.4 Å². The van der Waals surface area contributed by atoms with Crippen molar-refractivity contribution in [3.8, 4) is 5.82 Å². The molecule has 202 valence electrons. The lowest BCUT2D eigenvalue weighted by atomic mass is 10.1. The number of morpholine rings is 1. The van der Waals surface area contributed by atoms with Gasteiger partial charge in [0.05, 0.1) is 23.7 Å². The third-order valence-corrected chi connectivity index (χ3v) is 6.81. The molecule has 2 saturated heterocycles. The first kappa shape index (κ1) is 26.2. The van der Waals surface area contributed by atoms with E-state index in [2.05, 4.69) is 19.9 Å². The molecule has 2 aliphatic rings. The largest absolute Gasteiger partial charge is 0.444 e. The van der Waals surface area contributed by atoms with Crippen LogP contribution in [0.1, 0.15) is 34.6 Å². The second kappa shape index (κ2) is 10.0. The molecule has 0 N–H and O–H groups in total. The summed E-state index contributed by atoms with van der Waals surface area (Å²) in [6.45, 7) is 11.4. The molecular formula is C26H32ClN7O4. The number of rotatable bonds is 3. The number of halogens is 1. The topological polar surface area (TPSA) is 106 Å². The fourth-order valence-electron chi connectivity index (χ4n) is 4.85. The van der Waals surface area contributed by atoms with Crippen LogP contribution in [0.15, 0.2) is 30.9 Å². The number of nitrogens with zero attached hydrogens (tertiary/aromatic N) is 7. The van der Waals surface area contributed by atoms with Gasteiger partial charge in [-0.1, -0.05) is 11.6 Å². The molecule has 2 aliphatic heterocycles. The molecule has 0 aliphatic carbocycles. The van der Waals surface area contributed by atoms with Gasteiger partial charge in [-0.05, 0) is 40.7 Å². The van der Waals surface area contributed by atoms with Gasteiger partial charge in [0.2, 0.25) is 0 Å². The number of carbonyl (C=O) groups excluding carboxylic acids is 2. The number of amides is 2. The van der Waals surface area contributed by atoms with Crippen LogP contribution in [0.3, 0.4) is 0 Å². The lowest BCUT2D eigenvalue weighted by Gasteiger charge is -2.41. The third-order valence-electron chi connectivity index (χ3n) is 6.57. The van der Waals surface area contributed by atoms with Crippen molar-refractivity contribution in [3.63, 3.8) is 0 Å². The van der Waals surface area contributed by atoms with E-state index in [1.54, 1.807) is 28.1 Å². The number of pyridine rings is 1. The molecule has 3 aromatic rings. The van der Waals surface area contributed by atoms with Gasteiger partial charge in [0.1, 0.15) is 30.2 Å². The smallest absolute Gasteiger partial charge is 0.410 e. The maximum Gasteiger partial charge on any atom is 0.410 e. The minimum Gasteiger partial charge on any atom is -0.444 e. The highest BCUT2D eigenvalue weighted by molar-refractivity contribution is 6.30. The molecule has 12 heteroatoms. The highest BCUT2D eigenvalue weighted by Crippen LogP contribution is 2.38. The van der Waals surface area contributed by atoms with Crippen molar-refractivity contribution in [2.24, 2.45) is 0 Å². The van der Waals surface area contributed by atoms with E-state index >= 15 is 0 Å². The molecule has 0 radical (unpaired) electrons. The van der Waals surface area contributed by atoms with Gasteiger partial charge < -0.3 is 24.2 Å². The predicted molar refractivity (Wildman–Crippen MR) is 144 cm³/mol. The van der Waals surface area contributed by atoms with E-state index in [9.17, 15) is 9.59 Å². The Kier molecular flexibility index (Phi) is 6.91. The van der Waals surface area contributed by atoms with Gasteiger partial charge in [-0.2, -0.15) is 0 Å². The van der Waals surface area contributed by atoms with Crippen molar-refractivity contribution < 1.29 is 19.1 Å². The molecule has 5 heterocycles. The molecule has 11 nitrogen and oxygen atoms in total. The molecule has 0 bridgehead atoms. The molecule has 5 rings (SSSR count). The normalized spacial score (nSPS) is 20.8. The lowest BCUT2D eigenvalue weighted by Crippen LogP contribution is -2.55. The summed E-state index contributed by atoms with van der Waals surface area (Å²) in [5.41, 5.74) is 0.720. The zero-order valence-electron chi connectivity index (χ0n) is 22.2. The molecule has 2 atom stereocenters. The van der Waals surface area contributed by atoms with Gasteiger partial charge in [0, 0.05) is 49.2 Å². The molecule has 0 saturated carbocycles. The quantitative estimate of drug-likeness (QED) is 0.494. The maximum atomic E-state index is 13.0. The Labute approximate surface area is 226 Å². The van der Waals surface area contributed by atoms with Crippen LogP contribution < -0.4 is 9.80 Å². The summed E-state index contributed by atoms with van der Waals surface area (Å²) >= 11 is 6.28. The average Bonchev–Trinajstić information content (AvgIpc) is 3.24. The number of aromatic nitrogens is 4. The zero-order chi connectivity index (χ0) is 27.2.